The minimum absolute atomic E-state index is 0.0107. The van der Waals surface area contributed by atoms with Crippen molar-refractivity contribution in [3.05, 3.63) is 88.6 Å². The molecule has 0 aliphatic carbocycles. The molecule has 5 heterocycles. The van der Waals surface area contributed by atoms with Crippen molar-refractivity contribution < 1.29 is 23.7 Å². The van der Waals surface area contributed by atoms with Crippen LogP contribution in [-0.4, -0.2) is 67.0 Å². The molecule has 3 aliphatic rings. The van der Waals surface area contributed by atoms with Crippen LogP contribution in [0.5, 0.6) is 11.5 Å². The molecule has 0 amide bonds. The highest BCUT2D eigenvalue weighted by molar-refractivity contribution is 6.30. The third kappa shape index (κ3) is 5.75. The second-order valence-electron chi connectivity index (χ2n) is 12.7. The standard InChI is InChI=1S/C35H36ClFN6O4/c1-35(27-7-6-24(36)18-28(27)37)46-32-4-2-3-26(34(32)47-35)22-9-12-41(13-10-22)21-33-38-29-17-23(30-20-42(14-15-44)40-39-30)5-8-31(29)43(33)19-25-11-16-45-25/h2-8,17-18,20,22,25,44H,9-16,19,21H2,1H3. The zero-order chi connectivity index (χ0) is 32.1. The molecule has 5 aromatic rings. The number of rotatable bonds is 9. The number of imidazole rings is 1. The maximum atomic E-state index is 14.9. The summed E-state index contributed by atoms with van der Waals surface area (Å²) in [7, 11) is 0. The number of halogens is 2. The molecule has 10 nitrogen and oxygen atoms in total. The fourth-order valence-electron chi connectivity index (χ4n) is 6.98. The topological polar surface area (TPSA) is 99.7 Å². The molecule has 3 aliphatic heterocycles. The number of piperidine rings is 1. The van der Waals surface area contributed by atoms with E-state index in [1.54, 1.807) is 23.7 Å². The van der Waals surface area contributed by atoms with Gasteiger partial charge in [-0.2, -0.15) is 0 Å². The van der Waals surface area contributed by atoms with E-state index in [-0.39, 0.29) is 18.6 Å². The maximum Gasteiger partial charge on any atom is 0.278 e. The van der Waals surface area contributed by atoms with Gasteiger partial charge in [-0.05, 0) is 74.7 Å². The van der Waals surface area contributed by atoms with Gasteiger partial charge in [-0.3, -0.25) is 4.90 Å². The minimum Gasteiger partial charge on any atom is -0.444 e. The molecule has 0 saturated carbocycles. The van der Waals surface area contributed by atoms with Crippen molar-refractivity contribution >= 4 is 22.6 Å². The van der Waals surface area contributed by atoms with Crippen LogP contribution in [0.1, 0.15) is 49.1 Å². The van der Waals surface area contributed by atoms with E-state index in [9.17, 15) is 9.50 Å². The number of hydrogen-bond donors (Lipinski definition) is 1. The average molecular weight is 659 g/mol. The first-order valence-corrected chi connectivity index (χ1v) is 16.6. The Labute approximate surface area is 276 Å². The van der Waals surface area contributed by atoms with Crippen LogP contribution in [0.4, 0.5) is 4.39 Å². The van der Waals surface area contributed by atoms with Crippen molar-refractivity contribution in [2.24, 2.45) is 0 Å². The van der Waals surface area contributed by atoms with Crippen molar-refractivity contribution in [3.63, 3.8) is 0 Å². The Kier molecular flexibility index (Phi) is 7.87. The van der Waals surface area contributed by atoms with Crippen LogP contribution < -0.4 is 9.47 Å². The molecule has 2 unspecified atom stereocenters. The number of aliphatic hydroxyl groups excluding tert-OH is 1. The molecule has 3 aromatic carbocycles. The van der Waals surface area contributed by atoms with Gasteiger partial charge < -0.3 is 23.9 Å². The molecule has 0 spiro atoms. The van der Waals surface area contributed by atoms with Crippen molar-refractivity contribution in [2.45, 2.75) is 63.6 Å². The number of aliphatic hydroxyl groups is 1. The number of nitrogens with zero attached hydrogens (tertiary/aromatic N) is 6. The highest BCUT2D eigenvalue weighted by Gasteiger charge is 2.43. The smallest absolute Gasteiger partial charge is 0.278 e. The first-order valence-electron chi connectivity index (χ1n) is 16.2. The number of hydrogen-bond acceptors (Lipinski definition) is 8. The second-order valence-corrected chi connectivity index (χ2v) is 13.1. The van der Waals surface area contributed by atoms with Crippen molar-refractivity contribution in [2.75, 3.05) is 26.3 Å². The Hall–Kier alpha value is -4.03. The zero-order valence-electron chi connectivity index (χ0n) is 26.1. The molecule has 1 N–H and O–H groups in total. The van der Waals surface area contributed by atoms with Crippen molar-refractivity contribution in [3.8, 4) is 22.8 Å². The monoisotopic (exact) mass is 658 g/mol. The van der Waals surface area contributed by atoms with Crippen LogP contribution in [-0.2, 0) is 30.2 Å². The SMILES string of the molecule is CC1(c2ccc(Cl)cc2F)Oc2cccc(C3CCN(Cc4nc5cc(-c6cn(CCO)nn6)ccc5n4CC4CCO4)CC3)c2O1. The van der Waals surface area contributed by atoms with Crippen LogP contribution in [0.3, 0.4) is 0 Å². The Bertz CT molecular complexity index is 1930. The predicted molar refractivity (Wildman–Crippen MR) is 174 cm³/mol. The summed E-state index contributed by atoms with van der Waals surface area (Å²) in [4.78, 5) is 7.59. The van der Waals surface area contributed by atoms with E-state index >= 15 is 0 Å². The summed E-state index contributed by atoms with van der Waals surface area (Å²) in [5, 5.41) is 18.0. The maximum absolute atomic E-state index is 14.9. The van der Waals surface area contributed by atoms with Gasteiger partial charge in [0.05, 0.1) is 55.1 Å². The van der Waals surface area contributed by atoms with Gasteiger partial charge in [-0.25, -0.2) is 14.1 Å². The summed E-state index contributed by atoms with van der Waals surface area (Å²) < 4.78 is 37.3. The Morgan fingerprint density at radius 1 is 1.06 bits per heavy atom. The van der Waals surface area contributed by atoms with Crippen LogP contribution in [0.25, 0.3) is 22.3 Å². The lowest BCUT2D eigenvalue weighted by Gasteiger charge is -2.33. The molecular weight excluding hydrogens is 623 g/mol. The number of likely N-dealkylation sites (tertiary alicyclic amines) is 1. The van der Waals surface area contributed by atoms with E-state index < -0.39 is 11.6 Å². The quantitative estimate of drug-likeness (QED) is 0.209. The lowest BCUT2D eigenvalue weighted by Crippen LogP contribution is -2.35. The first-order chi connectivity index (χ1) is 22.9. The average Bonchev–Trinajstić information content (AvgIpc) is 3.74. The van der Waals surface area contributed by atoms with E-state index in [1.165, 1.54) is 6.07 Å². The van der Waals surface area contributed by atoms with E-state index in [4.69, 9.17) is 30.8 Å². The number of benzene rings is 3. The molecular formula is C35H36ClFN6O4. The molecule has 8 rings (SSSR count). The predicted octanol–water partition coefficient (Wildman–Crippen LogP) is 5.89. The minimum atomic E-state index is -1.27. The Balaban J connectivity index is 0.993. The van der Waals surface area contributed by atoms with Gasteiger partial charge in [0, 0.05) is 29.7 Å². The fourth-order valence-corrected chi connectivity index (χ4v) is 7.14. The molecule has 2 saturated heterocycles. The van der Waals surface area contributed by atoms with Crippen molar-refractivity contribution in [1.29, 1.82) is 0 Å². The van der Waals surface area contributed by atoms with Gasteiger partial charge in [-0.1, -0.05) is 35.0 Å². The molecule has 2 atom stereocenters. The summed E-state index contributed by atoms with van der Waals surface area (Å²) in [6.45, 7) is 6.28. The van der Waals surface area contributed by atoms with Gasteiger partial charge in [0.15, 0.2) is 11.5 Å². The third-order valence-electron chi connectivity index (χ3n) is 9.59. The lowest BCUT2D eigenvalue weighted by atomic mass is 9.88. The van der Waals surface area contributed by atoms with E-state index in [2.05, 4.69) is 44.0 Å². The first kappa shape index (κ1) is 30.3. The Morgan fingerprint density at radius 3 is 2.68 bits per heavy atom. The van der Waals surface area contributed by atoms with Crippen LogP contribution in [0.2, 0.25) is 5.02 Å². The molecule has 12 heteroatoms. The summed E-state index contributed by atoms with van der Waals surface area (Å²) in [6.07, 6.45) is 4.99. The summed E-state index contributed by atoms with van der Waals surface area (Å²) in [5.74, 6) is 0.896. The fraction of sp³-hybridized carbons (Fsp3) is 0.400. The van der Waals surface area contributed by atoms with Crippen molar-refractivity contribution in [1.82, 2.24) is 29.4 Å². The number of ether oxygens (including phenoxy) is 3. The summed E-state index contributed by atoms with van der Waals surface area (Å²) in [5.41, 5.74) is 5.10. The molecule has 0 radical (unpaired) electrons. The van der Waals surface area contributed by atoms with Gasteiger partial charge >= 0.3 is 0 Å². The largest absolute Gasteiger partial charge is 0.444 e. The lowest BCUT2D eigenvalue weighted by molar-refractivity contribution is -0.0712. The molecule has 0 bridgehead atoms. The molecule has 2 aromatic heterocycles. The number of fused-ring (bicyclic) bond motifs is 2. The highest BCUT2D eigenvalue weighted by Crippen LogP contribution is 2.50. The van der Waals surface area contributed by atoms with Gasteiger partial charge in [-0.15, -0.1) is 5.10 Å². The van der Waals surface area contributed by atoms with E-state index in [0.717, 1.165) is 85.7 Å². The van der Waals surface area contributed by atoms with Crippen LogP contribution >= 0.6 is 11.6 Å². The van der Waals surface area contributed by atoms with Gasteiger partial charge in [0.1, 0.15) is 17.3 Å². The second kappa shape index (κ2) is 12.2. The van der Waals surface area contributed by atoms with E-state index in [0.29, 0.717) is 28.6 Å². The van der Waals surface area contributed by atoms with Crippen LogP contribution in [0, 0.1) is 5.82 Å². The van der Waals surface area contributed by atoms with Crippen LogP contribution in [0.15, 0.2) is 60.8 Å². The molecule has 244 valence electrons. The van der Waals surface area contributed by atoms with E-state index in [1.807, 2.05) is 18.3 Å². The number of para-hydroxylation sites is 1. The normalized spacial score (nSPS) is 21.4. The Morgan fingerprint density at radius 2 is 1.91 bits per heavy atom. The summed E-state index contributed by atoms with van der Waals surface area (Å²) >= 11 is 6.00. The third-order valence-corrected chi connectivity index (χ3v) is 9.83. The highest BCUT2D eigenvalue weighted by atomic mass is 35.5. The summed E-state index contributed by atoms with van der Waals surface area (Å²) in [6, 6.07) is 16.8. The van der Waals surface area contributed by atoms with Gasteiger partial charge in [0.25, 0.3) is 5.79 Å². The molecule has 2 fully saturated rings. The zero-order valence-corrected chi connectivity index (χ0v) is 26.9. The molecule has 47 heavy (non-hydrogen) atoms. The van der Waals surface area contributed by atoms with Gasteiger partial charge in [0.2, 0.25) is 0 Å². The number of aromatic nitrogens is 5.